The first kappa shape index (κ1) is 15.4. The van der Waals surface area contributed by atoms with Crippen LogP contribution in [0.1, 0.15) is 30.5 Å². The molecule has 20 heavy (non-hydrogen) atoms. The van der Waals surface area contributed by atoms with Crippen LogP contribution in [0.4, 0.5) is 4.39 Å². The summed E-state index contributed by atoms with van der Waals surface area (Å²) in [4.78, 5) is 0. The van der Waals surface area contributed by atoms with Gasteiger partial charge in [-0.25, -0.2) is 4.39 Å². The summed E-state index contributed by atoms with van der Waals surface area (Å²) in [6.45, 7) is 2.88. The molecule has 1 N–H and O–H groups in total. The van der Waals surface area contributed by atoms with E-state index in [-0.39, 0.29) is 16.9 Å². The first-order valence-corrected chi connectivity index (χ1v) is 7.28. The lowest BCUT2D eigenvalue weighted by Crippen LogP contribution is -2.24. The SMILES string of the molecule is CCCNC(Cc1cccc(Cl)c1F)c1ccoc1Cl. The molecule has 2 rings (SSSR count). The van der Waals surface area contributed by atoms with Crippen molar-refractivity contribution in [2.45, 2.75) is 25.8 Å². The van der Waals surface area contributed by atoms with Gasteiger partial charge in [0, 0.05) is 11.6 Å². The van der Waals surface area contributed by atoms with Crippen molar-refractivity contribution >= 4 is 23.2 Å². The molecule has 0 saturated heterocycles. The lowest BCUT2D eigenvalue weighted by atomic mass is 10.0. The summed E-state index contributed by atoms with van der Waals surface area (Å²) in [5.74, 6) is -0.378. The largest absolute Gasteiger partial charge is 0.453 e. The van der Waals surface area contributed by atoms with Gasteiger partial charge in [0.1, 0.15) is 5.82 Å². The zero-order valence-electron chi connectivity index (χ0n) is 11.1. The second-order valence-electron chi connectivity index (χ2n) is 4.57. The summed E-state index contributed by atoms with van der Waals surface area (Å²) < 4.78 is 19.1. The van der Waals surface area contributed by atoms with Crippen molar-refractivity contribution < 1.29 is 8.81 Å². The van der Waals surface area contributed by atoms with Gasteiger partial charge in [-0.15, -0.1) is 0 Å². The van der Waals surface area contributed by atoms with Crippen molar-refractivity contribution in [1.82, 2.24) is 5.32 Å². The normalized spacial score (nSPS) is 12.6. The van der Waals surface area contributed by atoms with E-state index < -0.39 is 0 Å². The van der Waals surface area contributed by atoms with Crippen molar-refractivity contribution in [2.24, 2.45) is 0 Å². The fraction of sp³-hybridized carbons (Fsp3) is 0.333. The van der Waals surface area contributed by atoms with Crippen LogP contribution < -0.4 is 5.32 Å². The molecule has 0 radical (unpaired) electrons. The predicted octanol–water partition coefficient (Wildman–Crippen LogP) is 5.01. The van der Waals surface area contributed by atoms with E-state index in [4.69, 9.17) is 27.6 Å². The lowest BCUT2D eigenvalue weighted by Gasteiger charge is -2.18. The first-order valence-electron chi connectivity index (χ1n) is 6.52. The Labute approximate surface area is 127 Å². The zero-order chi connectivity index (χ0) is 14.5. The molecule has 1 atom stereocenters. The minimum absolute atomic E-state index is 0.103. The van der Waals surface area contributed by atoms with Gasteiger partial charge in [0.05, 0.1) is 11.3 Å². The van der Waals surface area contributed by atoms with E-state index in [1.54, 1.807) is 24.3 Å². The standard InChI is InChI=1S/C15H16Cl2FNO/c1-2-7-19-13(11-6-8-20-15(11)17)9-10-4-3-5-12(16)14(10)18/h3-6,8,13,19H,2,7,9H2,1H3. The van der Waals surface area contributed by atoms with Crippen molar-refractivity contribution in [1.29, 1.82) is 0 Å². The smallest absolute Gasteiger partial charge is 0.197 e. The van der Waals surface area contributed by atoms with Crippen LogP contribution in [-0.2, 0) is 6.42 Å². The van der Waals surface area contributed by atoms with Gasteiger partial charge in [-0.2, -0.15) is 0 Å². The molecule has 0 aliphatic heterocycles. The number of furan rings is 1. The number of hydrogen-bond donors (Lipinski definition) is 1. The van der Waals surface area contributed by atoms with Crippen LogP contribution in [0.3, 0.4) is 0 Å². The zero-order valence-corrected chi connectivity index (χ0v) is 12.6. The number of benzene rings is 1. The lowest BCUT2D eigenvalue weighted by molar-refractivity contribution is 0.502. The van der Waals surface area contributed by atoms with Crippen LogP contribution in [0.15, 0.2) is 34.9 Å². The number of nitrogens with one attached hydrogen (secondary N) is 1. The Morgan fingerprint density at radius 3 is 2.75 bits per heavy atom. The molecule has 0 spiro atoms. The molecule has 0 aliphatic carbocycles. The molecule has 5 heteroatoms. The Bertz CT molecular complexity index is 571. The van der Waals surface area contributed by atoms with Crippen LogP contribution in [0.5, 0.6) is 0 Å². The molecule has 108 valence electrons. The van der Waals surface area contributed by atoms with E-state index >= 15 is 0 Å². The summed E-state index contributed by atoms with van der Waals surface area (Å²) in [5, 5.41) is 3.82. The molecule has 1 aromatic carbocycles. The Kier molecular flexibility index (Phi) is 5.46. The third-order valence-electron chi connectivity index (χ3n) is 3.12. The summed E-state index contributed by atoms with van der Waals surface area (Å²) in [5.41, 5.74) is 1.39. The molecule has 0 bridgehead atoms. The molecule has 0 aliphatic rings. The highest BCUT2D eigenvalue weighted by Crippen LogP contribution is 2.29. The topological polar surface area (TPSA) is 25.2 Å². The number of rotatable bonds is 6. The van der Waals surface area contributed by atoms with Gasteiger partial charge in [0.15, 0.2) is 5.22 Å². The van der Waals surface area contributed by atoms with Gasteiger partial charge in [0.25, 0.3) is 0 Å². The quantitative estimate of drug-likeness (QED) is 0.810. The Balaban J connectivity index is 2.24. The van der Waals surface area contributed by atoms with Crippen LogP contribution in [0.25, 0.3) is 0 Å². The molecule has 0 saturated carbocycles. The summed E-state index contributed by atoms with van der Waals surface area (Å²) in [7, 11) is 0. The fourth-order valence-corrected chi connectivity index (χ4v) is 2.53. The summed E-state index contributed by atoms with van der Waals surface area (Å²) in [6, 6.07) is 6.72. The van der Waals surface area contributed by atoms with Crippen LogP contribution in [0, 0.1) is 5.82 Å². The molecular weight excluding hydrogens is 300 g/mol. The van der Waals surface area contributed by atoms with E-state index in [1.165, 1.54) is 6.26 Å². The molecule has 1 heterocycles. The van der Waals surface area contributed by atoms with Crippen molar-refractivity contribution in [3.05, 3.63) is 57.7 Å². The highest BCUT2D eigenvalue weighted by molar-refractivity contribution is 6.30. The Morgan fingerprint density at radius 1 is 1.30 bits per heavy atom. The van der Waals surface area contributed by atoms with E-state index in [0.29, 0.717) is 17.2 Å². The molecular formula is C15H16Cl2FNO. The predicted molar refractivity (Wildman–Crippen MR) is 79.9 cm³/mol. The monoisotopic (exact) mass is 315 g/mol. The first-order chi connectivity index (χ1) is 9.63. The fourth-order valence-electron chi connectivity index (χ4n) is 2.09. The highest BCUT2D eigenvalue weighted by atomic mass is 35.5. The maximum atomic E-state index is 14.0. The summed E-state index contributed by atoms with van der Waals surface area (Å²) in [6.07, 6.45) is 2.97. The average Bonchev–Trinajstić information content (AvgIpc) is 2.85. The van der Waals surface area contributed by atoms with Gasteiger partial charge in [0.2, 0.25) is 0 Å². The molecule has 0 fully saturated rings. The molecule has 2 aromatic rings. The van der Waals surface area contributed by atoms with E-state index in [0.717, 1.165) is 18.5 Å². The average molecular weight is 316 g/mol. The van der Waals surface area contributed by atoms with Crippen molar-refractivity contribution in [2.75, 3.05) is 6.54 Å². The second kappa shape index (κ2) is 7.11. The maximum Gasteiger partial charge on any atom is 0.197 e. The molecule has 1 unspecified atom stereocenters. The van der Waals surface area contributed by atoms with Crippen LogP contribution in [-0.4, -0.2) is 6.54 Å². The van der Waals surface area contributed by atoms with Crippen LogP contribution >= 0.6 is 23.2 Å². The number of hydrogen-bond acceptors (Lipinski definition) is 2. The highest BCUT2D eigenvalue weighted by Gasteiger charge is 2.19. The van der Waals surface area contributed by atoms with E-state index in [1.807, 2.05) is 0 Å². The third kappa shape index (κ3) is 3.54. The molecule has 2 nitrogen and oxygen atoms in total. The van der Waals surface area contributed by atoms with E-state index in [9.17, 15) is 4.39 Å². The number of halogens is 3. The van der Waals surface area contributed by atoms with Gasteiger partial charge in [-0.1, -0.05) is 30.7 Å². The molecule has 1 aromatic heterocycles. The van der Waals surface area contributed by atoms with Gasteiger partial charge >= 0.3 is 0 Å². The van der Waals surface area contributed by atoms with Crippen molar-refractivity contribution in [3.8, 4) is 0 Å². The van der Waals surface area contributed by atoms with Gasteiger partial charge in [-0.3, -0.25) is 0 Å². The molecule has 0 amide bonds. The van der Waals surface area contributed by atoms with Crippen LogP contribution in [0.2, 0.25) is 10.2 Å². The van der Waals surface area contributed by atoms with Gasteiger partial charge < -0.3 is 9.73 Å². The Hall–Kier alpha value is -1.03. The third-order valence-corrected chi connectivity index (χ3v) is 3.72. The second-order valence-corrected chi connectivity index (χ2v) is 5.32. The van der Waals surface area contributed by atoms with Crippen molar-refractivity contribution in [3.63, 3.8) is 0 Å². The minimum atomic E-state index is -0.378. The Morgan fingerprint density at radius 2 is 2.10 bits per heavy atom. The minimum Gasteiger partial charge on any atom is -0.453 e. The summed E-state index contributed by atoms with van der Waals surface area (Å²) >= 11 is 11.8. The van der Waals surface area contributed by atoms with E-state index in [2.05, 4.69) is 12.2 Å². The van der Waals surface area contributed by atoms with Gasteiger partial charge in [-0.05, 0) is 48.7 Å². The maximum absolute atomic E-state index is 14.0.